The molecular formula is C12H21N3O4. The molecule has 0 unspecified atom stereocenters. The Hall–Kier alpha value is -1.60. The molecule has 7 nitrogen and oxygen atoms in total. The van der Waals surface area contributed by atoms with E-state index in [4.69, 9.17) is 19.9 Å². The summed E-state index contributed by atoms with van der Waals surface area (Å²) < 4.78 is 16.6. The Balaban J connectivity index is 2.28. The lowest BCUT2D eigenvalue weighted by Crippen LogP contribution is -2.14. The second-order valence-corrected chi connectivity index (χ2v) is 4.07. The maximum atomic E-state index is 11.8. The molecule has 0 aromatic carbocycles. The SMILES string of the molecule is COCCOCCCOC(=O)c1c(N)c(C)nn1C. The average molecular weight is 271 g/mol. The first-order valence-corrected chi connectivity index (χ1v) is 6.10. The Morgan fingerprint density at radius 2 is 2.05 bits per heavy atom. The Kier molecular flexibility index (Phi) is 6.31. The Bertz CT molecular complexity index is 417. The highest BCUT2D eigenvalue weighted by Gasteiger charge is 2.18. The molecule has 0 aliphatic heterocycles. The number of nitrogen functional groups attached to an aromatic ring is 1. The number of aromatic nitrogens is 2. The fraction of sp³-hybridized carbons (Fsp3) is 0.667. The van der Waals surface area contributed by atoms with Gasteiger partial charge in [-0.2, -0.15) is 5.10 Å². The zero-order chi connectivity index (χ0) is 14.3. The molecule has 0 fully saturated rings. The van der Waals surface area contributed by atoms with Crippen LogP contribution in [0.1, 0.15) is 22.6 Å². The third kappa shape index (κ3) is 4.53. The Morgan fingerprint density at radius 3 is 2.63 bits per heavy atom. The van der Waals surface area contributed by atoms with Crippen LogP contribution in [0.4, 0.5) is 5.69 Å². The highest BCUT2D eigenvalue weighted by Crippen LogP contribution is 2.16. The molecule has 0 atom stereocenters. The van der Waals surface area contributed by atoms with Crippen LogP contribution in [-0.2, 0) is 21.3 Å². The lowest BCUT2D eigenvalue weighted by atomic mass is 10.3. The molecule has 0 bridgehead atoms. The topological polar surface area (TPSA) is 88.6 Å². The quantitative estimate of drug-likeness (QED) is 0.548. The van der Waals surface area contributed by atoms with Crippen LogP contribution in [0.25, 0.3) is 0 Å². The minimum atomic E-state index is -0.461. The molecular weight excluding hydrogens is 250 g/mol. The zero-order valence-corrected chi connectivity index (χ0v) is 11.6. The van der Waals surface area contributed by atoms with Crippen molar-refractivity contribution >= 4 is 11.7 Å². The number of aryl methyl sites for hydroxylation is 2. The molecule has 1 rings (SSSR count). The molecule has 7 heteroatoms. The van der Waals surface area contributed by atoms with Gasteiger partial charge in [0.2, 0.25) is 0 Å². The van der Waals surface area contributed by atoms with Crippen LogP contribution < -0.4 is 5.73 Å². The molecule has 0 saturated heterocycles. The first-order valence-electron chi connectivity index (χ1n) is 6.10. The summed E-state index contributed by atoms with van der Waals surface area (Å²) in [4.78, 5) is 11.8. The van der Waals surface area contributed by atoms with Gasteiger partial charge in [0.25, 0.3) is 0 Å². The molecule has 0 aliphatic carbocycles. The Morgan fingerprint density at radius 1 is 1.32 bits per heavy atom. The van der Waals surface area contributed by atoms with E-state index < -0.39 is 5.97 Å². The van der Waals surface area contributed by atoms with E-state index in [9.17, 15) is 4.79 Å². The number of methoxy groups -OCH3 is 1. The number of nitrogens with two attached hydrogens (primary N) is 1. The fourth-order valence-electron chi connectivity index (χ4n) is 1.56. The number of ether oxygens (including phenoxy) is 3. The molecule has 0 saturated carbocycles. The molecule has 1 aromatic heterocycles. The zero-order valence-electron chi connectivity index (χ0n) is 11.6. The maximum absolute atomic E-state index is 11.8. The summed E-state index contributed by atoms with van der Waals surface area (Å²) in [7, 11) is 3.28. The van der Waals surface area contributed by atoms with Gasteiger partial charge < -0.3 is 19.9 Å². The normalized spacial score (nSPS) is 10.7. The second-order valence-electron chi connectivity index (χ2n) is 4.07. The van der Waals surface area contributed by atoms with Crippen LogP contribution in [0.15, 0.2) is 0 Å². The van der Waals surface area contributed by atoms with Crippen molar-refractivity contribution in [2.45, 2.75) is 13.3 Å². The molecule has 0 amide bonds. The van der Waals surface area contributed by atoms with Crippen LogP contribution in [0.3, 0.4) is 0 Å². The molecule has 1 heterocycles. The predicted octanol–water partition coefficient (Wildman–Crippen LogP) is 0.521. The van der Waals surface area contributed by atoms with Gasteiger partial charge in [0, 0.05) is 27.2 Å². The maximum Gasteiger partial charge on any atom is 0.358 e. The van der Waals surface area contributed by atoms with Gasteiger partial charge in [-0.3, -0.25) is 4.68 Å². The van der Waals surface area contributed by atoms with E-state index in [1.807, 2.05) is 0 Å². The van der Waals surface area contributed by atoms with Crippen molar-refractivity contribution in [2.24, 2.45) is 7.05 Å². The minimum absolute atomic E-state index is 0.287. The van der Waals surface area contributed by atoms with E-state index in [0.717, 1.165) is 0 Å². The second kappa shape index (κ2) is 7.75. The van der Waals surface area contributed by atoms with Crippen LogP contribution in [-0.4, -0.2) is 49.3 Å². The van der Waals surface area contributed by atoms with Crippen molar-refractivity contribution < 1.29 is 19.0 Å². The van der Waals surface area contributed by atoms with Crippen LogP contribution in [0, 0.1) is 6.92 Å². The summed E-state index contributed by atoms with van der Waals surface area (Å²) in [6.45, 7) is 3.66. The highest BCUT2D eigenvalue weighted by molar-refractivity contribution is 5.93. The third-order valence-corrected chi connectivity index (χ3v) is 2.56. The van der Waals surface area contributed by atoms with E-state index in [-0.39, 0.29) is 12.3 Å². The monoisotopic (exact) mass is 271 g/mol. The fourth-order valence-corrected chi connectivity index (χ4v) is 1.56. The lowest BCUT2D eigenvalue weighted by Gasteiger charge is -2.06. The van der Waals surface area contributed by atoms with Crippen molar-refractivity contribution in [1.82, 2.24) is 9.78 Å². The number of hydrogen-bond acceptors (Lipinski definition) is 6. The smallest absolute Gasteiger partial charge is 0.358 e. The van der Waals surface area contributed by atoms with Gasteiger partial charge in [-0.1, -0.05) is 0 Å². The summed E-state index contributed by atoms with van der Waals surface area (Å²) in [5, 5.41) is 4.06. The summed E-state index contributed by atoms with van der Waals surface area (Å²) in [6, 6.07) is 0. The number of nitrogens with zero attached hydrogens (tertiary/aromatic N) is 2. The van der Waals surface area contributed by atoms with Crippen molar-refractivity contribution in [3.63, 3.8) is 0 Å². The molecule has 0 aliphatic rings. The van der Waals surface area contributed by atoms with Crippen molar-refractivity contribution in [3.8, 4) is 0 Å². The number of esters is 1. The predicted molar refractivity (Wildman–Crippen MR) is 70.0 cm³/mol. The van der Waals surface area contributed by atoms with Crippen molar-refractivity contribution in [1.29, 1.82) is 0 Å². The first-order chi connectivity index (χ1) is 9.07. The number of carbonyl (C=O) groups excluding carboxylic acids is 1. The van der Waals surface area contributed by atoms with E-state index in [2.05, 4.69) is 5.10 Å². The van der Waals surface area contributed by atoms with Gasteiger partial charge in [0.15, 0.2) is 5.69 Å². The summed E-state index contributed by atoms with van der Waals surface area (Å²) in [5.74, 6) is -0.461. The Labute approximate surface area is 112 Å². The van der Waals surface area contributed by atoms with E-state index in [1.165, 1.54) is 4.68 Å². The van der Waals surface area contributed by atoms with E-state index in [0.29, 0.717) is 37.6 Å². The standard InChI is InChI=1S/C12H21N3O4/c1-9-10(13)11(15(2)14-9)12(16)19-6-4-5-18-8-7-17-3/h4-8,13H2,1-3H3. The number of carbonyl (C=O) groups is 1. The molecule has 1 aromatic rings. The van der Waals surface area contributed by atoms with Crippen molar-refractivity contribution in [2.75, 3.05) is 39.3 Å². The van der Waals surface area contributed by atoms with Gasteiger partial charge in [-0.15, -0.1) is 0 Å². The van der Waals surface area contributed by atoms with Crippen LogP contribution >= 0.6 is 0 Å². The molecule has 19 heavy (non-hydrogen) atoms. The van der Waals surface area contributed by atoms with Gasteiger partial charge in [-0.25, -0.2) is 4.79 Å². The average Bonchev–Trinajstić information content (AvgIpc) is 2.62. The summed E-state index contributed by atoms with van der Waals surface area (Å²) in [5.41, 5.74) is 7.04. The largest absolute Gasteiger partial charge is 0.461 e. The van der Waals surface area contributed by atoms with Crippen LogP contribution in [0.5, 0.6) is 0 Å². The van der Waals surface area contributed by atoms with Gasteiger partial charge in [-0.05, 0) is 6.92 Å². The van der Waals surface area contributed by atoms with E-state index >= 15 is 0 Å². The van der Waals surface area contributed by atoms with Crippen molar-refractivity contribution in [3.05, 3.63) is 11.4 Å². The number of hydrogen-bond donors (Lipinski definition) is 1. The van der Waals surface area contributed by atoms with Gasteiger partial charge in [0.1, 0.15) is 0 Å². The third-order valence-electron chi connectivity index (χ3n) is 2.56. The molecule has 0 radical (unpaired) electrons. The molecule has 0 spiro atoms. The van der Waals surface area contributed by atoms with Gasteiger partial charge in [0.05, 0.1) is 31.2 Å². The summed E-state index contributed by atoms with van der Waals surface area (Å²) in [6.07, 6.45) is 0.631. The highest BCUT2D eigenvalue weighted by atomic mass is 16.5. The van der Waals surface area contributed by atoms with Crippen LogP contribution in [0.2, 0.25) is 0 Å². The lowest BCUT2D eigenvalue weighted by molar-refractivity contribution is 0.0377. The van der Waals surface area contributed by atoms with Gasteiger partial charge >= 0.3 is 5.97 Å². The molecule has 108 valence electrons. The number of rotatable bonds is 8. The number of anilines is 1. The molecule has 2 N–H and O–H groups in total. The summed E-state index contributed by atoms with van der Waals surface area (Å²) >= 11 is 0. The van der Waals surface area contributed by atoms with E-state index in [1.54, 1.807) is 21.1 Å². The minimum Gasteiger partial charge on any atom is -0.461 e. The first kappa shape index (κ1) is 15.5.